The second kappa shape index (κ2) is 6.64. The van der Waals surface area contributed by atoms with E-state index >= 15 is 0 Å². The maximum atomic E-state index is 5.76. The summed E-state index contributed by atoms with van der Waals surface area (Å²) in [5.74, 6) is 1.74. The highest BCUT2D eigenvalue weighted by atomic mass is 16.5. The second-order valence-corrected chi connectivity index (χ2v) is 5.25. The van der Waals surface area contributed by atoms with Crippen molar-refractivity contribution in [2.45, 2.75) is 20.3 Å². The summed E-state index contributed by atoms with van der Waals surface area (Å²) in [6.45, 7) is 9.56. The third kappa shape index (κ3) is 3.64. The van der Waals surface area contributed by atoms with E-state index in [1.54, 1.807) is 0 Å². The highest BCUT2D eigenvalue weighted by Crippen LogP contribution is 2.29. The van der Waals surface area contributed by atoms with Crippen LogP contribution in [0.1, 0.15) is 20.3 Å². The van der Waals surface area contributed by atoms with Gasteiger partial charge < -0.3 is 15.0 Å². The molecule has 100 valence electrons. The van der Waals surface area contributed by atoms with Gasteiger partial charge in [0, 0.05) is 19.6 Å². The Morgan fingerprint density at radius 1 is 1.33 bits per heavy atom. The topological polar surface area (TPSA) is 24.5 Å². The van der Waals surface area contributed by atoms with Crippen LogP contribution in [0.3, 0.4) is 0 Å². The van der Waals surface area contributed by atoms with Crippen LogP contribution in [0, 0.1) is 5.92 Å². The first-order valence-corrected chi connectivity index (χ1v) is 6.95. The van der Waals surface area contributed by atoms with Crippen LogP contribution in [0.25, 0.3) is 0 Å². The van der Waals surface area contributed by atoms with Crippen molar-refractivity contribution >= 4 is 5.69 Å². The summed E-state index contributed by atoms with van der Waals surface area (Å²) in [7, 11) is 0. The highest BCUT2D eigenvalue weighted by Gasteiger charge is 2.14. The highest BCUT2D eigenvalue weighted by molar-refractivity contribution is 5.58. The Morgan fingerprint density at radius 2 is 2.17 bits per heavy atom. The maximum absolute atomic E-state index is 5.76. The van der Waals surface area contributed by atoms with Gasteiger partial charge in [0.15, 0.2) is 0 Å². The Hall–Kier alpha value is -1.22. The van der Waals surface area contributed by atoms with Crippen LogP contribution in [-0.4, -0.2) is 32.8 Å². The Labute approximate surface area is 110 Å². The minimum atomic E-state index is 0.713. The summed E-state index contributed by atoms with van der Waals surface area (Å²) in [4.78, 5) is 2.43. The van der Waals surface area contributed by atoms with Crippen LogP contribution in [0.2, 0.25) is 0 Å². The van der Waals surface area contributed by atoms with Crippen molar-refractivity contribution in [1.82, 2.24) is 5.32 Å². The van der Waals surface area contributed by atoms with E-state index in [0.717, 1.165) is 45.0 Å². The molecule has 0 spiro atoms. The van der Waals surface area contributed by atoms with E-state index < -0.39 is 0 Å². The molecule has 0 aromatic heterocycles. The third-order valence-electron chi connectivity index (χ3n) is 3.15. The molecule has 1 aliphatic heterocycles. The van der Waals surface area contributed by atoms with Crippen molar-refractivity contribution in [3.05, 3.63) is 24.3 Å². The number of nitrogens with zero attached hydrogens (tertiary/aromatic N) is 1. The van der Waals surface area contributed by atoms with Gasteiger partial charge in [-0.25, -0.2) is 0 Å². The molecule has 0 atom stereocenters. The average molecular weight is 248 g/mol. The molecular weight excluding hydrogens is 224 g/mol. The quantitative estimate of drug-likeness (QED) is 0.810. The van der Waals surface area contributed by atoms with Crippen LogP contribution in [0.5, 0.6) is 5.75 Å². The van der Waals surface area contributed by atoms with Crippen molar-refractivity contribution in [2.75, 3.05) is 37.7 Å². The van der Waals surface area contributed by atoms with Crippen LogP contribution in [-0.2, 0) is 0 Å². The number of anilines is 1. The molecule has 1 aromatic carbocycles. The van der Waals surface area contributed by atoms with Crippen molar-refractivity contribution in [2.24, 2.45) is 5.92 Å². The van der Waals surface area contributed by atoms with E-state index in [1.807, 2.05) is 6.07 Å². The zero-order valence-corrected chi connectivity index (χ0v) is 11.5. The minimum Gasteiger partial charge on any atom is -0.491 e. The lowest BCUT2D eigenvalue weighted by Gasteiger charge is -2.24. The van der Waals surface area contributed by atoms with Crippen molar-refractivity contribution in [3.63, 3.8) is 0 Å². The van der Waals surface area contributed by atoms with Gasteiger partial charge in [0.1, 0.15) is 5.75 Å². The molecule has 0 bridgehead atoms. The predicted molar refractivity (Wildman–Crippen MR) is 76.5 cm³/mol. The second-order valence-electron chi connectivity index (χ2n) is 5.25. The van der Waals surface area contributed by atoms with Gasteiger partial charge in [0.05, 0.1) is 12.3 Å². The molecular formula is C15H24N2O. The number of benzene rings is 1. The van der Waals surface area contributed by atoms with E-state index in [9.17, 15) is 0 Å². The lowest BCUT2D eigenvalue weighted by Crippen LogP contribution is -2.33. The number of ether oxygens (including phenoxy) is 1. The number of rotatable bonds is 5. The number of para-hydroxylation sites is 2. The summed E-state index contributed by atoms with van der Waals surface area (Å²) in [6, 6.07) is 8.35. The smallest absolute Gasteiger partial charge is 0.142 e. The summed E-state index contributed by atoms with van der Waals surface area (Å²) in [6.07, 6.45) is 1.10. The van der Waals surface area contributed by atoms with Crippen LogP contribution in [0.15, 0.2) is 24.3 Å². The molecule has 0 aliphatic carbocycles. The van der Waals surface area contributed by atoms with Gasteiger partial charge in [-0.05, 0) is 31.0 Å². The van der Waals surface area contributed by atoms with E-state index in [0.29, 0.717) is 5.92 Å². The third-order valence-corrected chi connectivity index (χ3v) is 3.15. The van der Waals surface area contributed by atoms with E-state index in [2.05, 4.69) is 42.3 Å². The fourth-order valence-electron chi connectivity index (χ4n) is 2.24. The SMILES string of the molecule is CC(C)CNCCN1CCCOc2ccccc21. The maximum Gasteiger partial charge on any atom is 0.142 e. The van der Waals surface area contributed by atoms with Gasteiger partial charge in [-0.2, -0.15) is 0 Å². The van der Waals surface area contributed by atoms with Crippen molar-refractivity contribution in [3.8, 4) is 5.75 Å². The van der Waals surface area contributed by atoms with Gasteiger partial charge in [-0.15, -0.1) is 0 Å². The lowest BCUT2D eigenvalue weighted by molar-refractivity contribution is 0.322. The normalized spacial score (nSPS) is 15.2. The Kier molecular flexibility index (Phi) is 4.88. The van der Waals surface area contributed by atoms with Crippen LogP contribution in [0.4, 0.5) is 5.69 Å². The molecule has 1 aromatic rings. The largest absolute Gasteiger partial charge is 0.491 e. The van der Waals surface area contributed by atoms with Crippen molar-refractivity contribution < 1.29 is 4.74 Å². The molecule has 0 saturated heterocycles. The van der Waals surface area contributed by atoms with Gasteiger partial charge >= 0.3 is 0 Å². The molecule has 1 aliphatic rings. The number of nitrogens with one attached hydrogen (secondary N) is 1. The van der Waals surface area contributed by atoms with E-state index in [4.69, 9.17) is 4.74 Å². The first kappa shape index (κ1) is 13.2. The van der Waals surface area contributed by atoms with Crippen molar-refractivity contribution in [1.29, 1.82) is 0 Å². The molecule has 0 amide bonds. The standard InChI is InChI=1S/C15H24N2O/c1-13(2)12-16-8-10-17-9-5-11-18-15-7-4-3-6-14(15)17/h3-4,6-7,13,16H,5,8-12H2,1-2H3. The fraction of sp³-hybridized carbons (Fsp3) is 0.600. The molecule has 1 heterocycles. The zero-order valence-electron chi connectivity index (χ0n) is 11.5. The summed E-state index contributed by atoms with van der Waals surface area (Å²) in [5, 5.41) is 3.50. The monoisotopic (exact) mass is 248 g/mol. The molecule has 0 radical (unpaired) electrons. The van der Waals surface area contributed by atoms with Gasteiger partial charge in [-0.1, -0.05) is 26.0 Å². The Bertz CT molecular complexity index is 365. The van der Waals surface area contributed by atoms with Gasteiger partial charge in [-0.3, -0.25) is 0 Å². The fourth-order valence-corrected chi connectivity index (χ4v) is 2.24. The summed E-state index contributed by atoms with van der Waals surface area (Å²) >= 11 is 0. The van der Waals surface area contributed by atoms with Gasteiger partial charge in [0.25, 0.3) is 0 Å². The molecule has 0 saturated carbocycles. The van der Waals surface area contributed by atoms with Crippen LogP contribution < -0.4 is 15.0 Å². The molecule has 0 unspecified atom stereocenters. The van der Waals surface area contributed by atoms with E-state index in [1.165, 1.54) is 5.69 Å². The molecule has 0 fully saturated rings. The number of fused-ring (bicyclic) bond motifs is 1. The molecule has 3 heteroatoms. The summed E-state index contributed by atoms with van der Waals surface area (Å²) < 4.78 is 5.76. The van der Waals surface area contributed by atoms with E-state index in [-0.39, 0.29) is 0 Å². The first-order chi connectivity index (χ1) is 8.77. The Balaban J connectivity index is 1.91. The van der Waals surface area contributed by atoms with Crippen LogP contribution >= 0.6 is 0 Å². The first-order valence-electron chi connectivity index (χ1n) is 6.95. The Morgan fingerprint density at radius 3 is 3.00 bits per heavy atom. The lowest BCUT2D eigenvalue weighted by atomic mass is 10.2. The zero-order chi connectivity index (χ0) is 12.8. The number of hydrogen-bond donors (Lipinski definition) is 1. The number of hydrogen-bond acceptors (Lipinski definition) is 3. The molecule has 1 N–H and O–H groups in total. The average Bonchev–Trinajstić information content (AvgIpc) is 2.57. The van der Waals surface area contributed by atoms with Gasteiger partial charge in [0.2, 0.25) is 0 Å². The predicted octanol–water partition coefficient (Wildman–Crippen LogP) is 2.52. The molecule has 2 rings (SSSR count). The molecule has 3 nitrogen and oxygen atoms in total. The molecule has 18 heavy (non-hydrogen) atoms. The summed E-state index contributed by atoms with van der Waals surface area (Å²) in [5.41, 5.74) is 1.24. The minimum absolute atomic E-state index is 0.713.